The van der Waals surface area contributed by atoms with Gasteiger partial charge in [-0.2, -0.15) is 0 Å². The molecular formula is C15H24N4O. The predicted molar refractivity (Wildman–Crippen MR) is 77.7 cm³/mol. The normalized spacial score (nSPS) is 27.2. The van der Waals surface area contributed by atoms with E-state index in [9.17, 15) is 4.79 Å². The predicted octanol–water partition coefficient (Wildman–Crippen LogP) is 1.75. The molecule has 1 aromatic rings. The maximum Gasteiger partial charge on any atom is 0.269 e. The van der Waals surface area contributed by atoms with Crippen molar-refractivity contribution in [3.63, 3.8) is 0 Å². The second kappa shape index (κ2) is 5.20. The third kappa shape index (κ3) is 2.73. The summed E-state index contributed by atoms with van der Waals surface area (Å²) < 4.78 is 0. The summed E-state index contributed by atoms with van der Waals surface area (Å²) in [5.74, 6) is 2.00. The van der Waals surface area contributed by atoms with Crippen LogP contribution in [-0.2, 0) is 0 Å². The van der Waals surface area contributed by atoms with Gasteiger partial charge in [0.15, 0.2) is 0 Å². The Morgan fingerprint density at radius 3 is 2.80 bits per heavy atom. The van der Waals surface area contributed by atoms with E-state index in [2.05, 4.69) is 41.0 Å². The number of aromatic amines is 1. The zero-order valence-electron chi connectivity index (χ0n) is 12.5. The Morgan fingerprint density at radius 2 is 2.20 bits per heavy atom. The van der Waals surface area contributed by atoms with Gasteiger partial charge >= 0.3 is 0 Å². The first-order chi connectivity index (χ1) is 9.54. The summed E-state index contributed by atoms with van der Waals surface area (Å²) in [6.07, 6.45) is 4.05. The maximum atomic E-state index is 12.3. The molecule has 2 atom stereocenters. The van der Waals surface area contributed by atoms with Crippen molar-refractivity contribution in [2.24, 2.45) is 5.92 Å². The van der Waals surface area contributed by atoms with Gasteiger partial charge in [-0.1, -0.05) is 6.92 Å². The van der Waals surface area contributed by atoms with Crippen LogP contribution < -0.4 is 5.32 Å². The van der Waals surface area contributed by atoms with Crippen molar-refractivity contribution in [1.29, 1.82) is 0 Å². The van der Waals surface area contributed by atoms with Crippen molar-refractivity contribution in [2.45, 2.75) is 51.6 Å². The molecule has 1 saturated carbocycles. The molecule has 3 rings (SSSR count). The van der Waals surface area contributed by atoms with Crippen LogP contribution in [-0.4, -0.2) is 45.9 Å². The number of H-pyrrole nitrogens is 1. The van der Waals surface area contributed by atoms with Gasteiger partial charge < -0.3 is 10.3 Å². The van der Waals surface area contributed by atoms with E-state index in [1.165, 1.54) is 12.8 Å². The van der Waals surface area contributed by atoms with Crippen LogP contribution in [0.5, 0.6) is 0 Å². The Bertz CT molecular complexity index is 492. The Kier molecular flexibility index (Phi) is 3.54. The molecule has 0 unspecified atom stereocenters. The number of hydrogen-bond donors (Lipinski definition) is 2. The topological polar surface area (TPSA) is 61.0 Å². The summed E-state index contributed by atoms with van der Waals surface area (Å²) >= 11 is 0. The quantitative estimate of drug-likeness (QED) is 0.880. The maximum absolute atomic E-state index is 12.3. The highest BCUT2D eigenvalue weighted by atomic mass is 16.2. The lowest BCUT2D eigenvalue weighted by atomic mass is 10.1. The summed E-state index contributed by atoms with van der Waals surface area (Å²) in [5.41, 5.74) is 0.599. The minimum atomic E-state index is -0.0214. The first-order valence-electron chi connectivity index (χ1n) is 7.64. The number of aromatic nitrogens is 2. The Hall–Kier alpha value is -1.36. The zero-order chi connectivity index (χ0) is 14.3. The van der Waals surface area contributed by atoms with Crippen LogP contribution in [0.15, 0.2) is 6.20 Å². The van der Waals surface area contributed by atoms with Crippen LogP contribution in [0.4, 0.5) is 0 Å². The molecule has 5 nitrogen and oxygen atoms in total. The molecule has 1 aliphatic heterocycles. The van der Waals surface area contributed by atoms with Gasteiger partial charge in [0.1, 0.15) is 11.5 Å². The van der Waals surface area contributed by atoms with E-state index in [1.807, 2.05) is 0 Å². The molecule has 1 saturated heterocycles. The molecule has 1 aliphatic carbocycles. The number of nitrogens with zero attached hydrogens (tertiary/aromatic N) is 2. The number of carbonyl (C=O) groups is 1. The summed E-state index contributed by atoms with van der Waals surface area (Å²) in [6.45, 7) is 8.60. The molecule has 0 bridgehead atoms. The minimum absolute atomic E-state index is 0.0214. The van der Waals surface area contributed by atoms with Gasteiger partial charge in [0, 0.05) is 31.1 Å². The summed E-state index contributed by atoms with van der Waals surface area (Å²) in [6, 6.07) is 0.769. The van der Waals surface area contributed by atoms with E-state index in [0.29, 0.717) is 23.6 Å². The zero-order valence-corrected chi connectivity index (χ0v) is 12.5. The lowest BCUT2D eigenvalue weighted by Gasteiger charge is -2.20. The highest BCUT2D eigenvalue weighted by molar-refractivity contribution is 5.92. The average Bonchev–Trinajstić information content (AvgIpc) is 3.01. The SMILES string of the molecule is CC(C)N1C[C@H](NC(=O)c2cnc(C3CC3)[nH]2)[C@@H](C)C1. The molecule has 0 spiro atoms. The van der Waals surface area contributed by atoms with Crippen LogP contribution in [0.3, 0.4) is 0 Å². The van der Waals surface area contributed by atoms with Crippen LogP contribution in [0.1, 0.15) is 55.8 Å². The number of nitrogens with one attached hydrogen (secondary N) is 2. The Morgan fingerprint density at radius 1 is 1.45 bits per heavy atom. The fraction of sp³-hybridized carbons (Fsp3) is 0.733. The minimum Gasteiger partial charge on any atom is -0.346 e. The van der Waals surface area contributed by atoms with E-state index in [4.69, 9.17) is 0 Å². The monoisotopic (exact) mass is 276 g/mol. The molecule has 5 heteroatoms. The first-order valence-corrected chi connectivity index (χ1v) is 7.64. The van der Waals surface area contributed by atoms with Crippen molar-refractivity contribution in [3.8, 4) is 0 Å². The molecule has 0 aromatic carbocycles. The highest BCUT2D eigenvalue weighted by Gasteiger charge is 2.32. The second-order valence-electron chi connectivity index (χ2n) is 6.56. The van der Waals surface area contributed by atoms with Crippen LogP contribution in [0.25, 0.3) is 0 Å². The fourth-order valence-corrected chi connectivity index (χ4v) is 2.88. The van der Waals surface area contributed by atoms with E-state index in [1.54, 1.807) is 6.20 Å². The first kappa shape index (κ1) is 13.6. The van der Waals surface area contributed by atoms with Crippen molar-refractivity contribution in [3.05, 3.63) is 17.7 Å². The van der Waals surface area contributed by atoms with Crippen LogP contribution >= 0.6 is 0 Å². The van der Waals surface area contributed by atoms with Crippen LogP contribution in [0.2, 0.25) is 0 Å². The van der Waals surface area contributed by atoms with E-state index >= 15 is 0 Å². The lowest BCUT2D eigenvalue weighted by Crippen LogP contribution is -2.40. The molecule has 2 aliphatic rings. The number of amides is 1. The molecule has 1 amide bonds. The highest BCUT2D eigenvalue weighted by Crippen LogP contribution is 2.38. The van der Waals surface area contributed by atoms with E-state index in [-0.39, 0.29) is 11.9 Å². The lowest BCUT2D eigenvalue weighted by molar-refractivity contribution is 0.0926. The number of likely N-dealkylation sites (tertiary alicyclic amines) is 1. The van der Waals surface area contributed by atoms with Gasteiger partial charge in [-0.3, -0.25) is 9.69 Å². The molecule has 2 N–H and O–H groups in total. The third-order valence-corrected chi connectivity index (χ3v) is 4.49. The summed E-state index contributed by atoms with van der Waals surface area (Å²) in [7, 11) is 0. The fourth-order valence-electron chi connectivity index (χ4n) is 2.88. The largest absolute Gasteiger partial charge is 0.346 e. The molecule has 1 aromatic heterocycles. The van der Waals surface area contributed by atoms with Crippen molar-refractivity contribution >= 4 is 5.91 Å². The van der Waals surface area contributed by atoms with Gasteiger partial charge in [0.2, 0.25) is 0 Å². The summed E-state index contributed by atoms with van der Waals surface area (Å²) in [4.78, 5) is 22.2. The molecule has 110 valence electrons. The van der Waals surface area contributed by atoms with E-state index in [0.717, 1.165) is 18.9 Å². The summed E-state index contributed by atoms with van der Waals surface area (Å²) in [5, 5.41) is 3.15. The van der Waals surface area contributed by atoms with E-state index < -0.39 is 0 Å². The Labute approximate surface area is 120 Å². The molecule has 2 fully saturated rings. The van der Waals surface area contributed by atoms with Gasteiger partial charge in [-0.15, -0.1) is 0 Å². The second-order valence-corrected chi connectivity index (χ2v) is 6.56. The van der Waals surface area contributed by atoms with Crippen molar-refractivity contribution < 1.29 is 4.79 Å². The molecule has 2 heterocycles. The molecule has 0 radical (unpaired) electrons. The number of imidazole rings is 1. The van der Waals surface area contributed by atoms with Crippen molar-refractivity contribution in [1.82, 2.24) is 20.2 Å². The Balaban J connectivity index is 1.60. The van der Waals surface area contributed by atoms with Gasteiger partial charge in [0.25, 0.3) is 5.91 Å². The van der Waals surface area contributed by atoms with Gasteiger partial charge in [-0.25, -0.2) is 4.98 Å². The van der Waals surface area contributed by atoms with Crippen LogP contribution in [0, 0.1) is 5.92 Å². The number of rotatable bonds is 4. The van der Waals surface area contributed by atoms with Crippen molar-refractivity contribution in [2.75, 3.05) is 13.1 Å². The molecular weight excluding hydrogens is 252 g/mol. The smallest absolute Gasteiger partial charge is 0.269 e. The van der Waals surface area contributed by atoms with Gasteiger partial charge in [-0.05, 0) is 32.6 Å². The number of carbonyl (C=O) groups excluding carboxylic acids is 1. The van der Waals surface area contributed by atoms with Gasteiger partial charge in [0.05, 0.1) is 6.20 Å². The third-order valence-electron chi connectivity index (χ3n) is 4.49. The standard InChI is InChI=1S/C15H24N4O/c1-9(2)19-7-10(3)13(8-19)18-15(20)12-6-16-14(17-12)11-4-5-11/h6,9-11,13H,4-5,7-8H2,1-3H3,(H,16,17)(H,18,20)/t10-,13-/m0/s1. The number of hydrogen-bond acceptors (Lipinski definition) is 3. The average molecular weight is 276 g/mol. The molecule has 20 heavy (non-hydrogen) atoms.